The van der Waals surface area contributed by atoms with Crippen LogP contribution in [-0.4, -0.2) is 31.6 Å². The summed E-state index contributed by atoms with van der Waals surface area (Å²) in [6, 6.07) is 1.56. The molecule has 2 nitrogen and oxygen atoms in total. The molecule has 0 aliphatic carbocycles. The van der Waals surface area contributed by atoms with E-state index in [-0.39, 0.29) is 5.25 Å². The van der Waals surface area contributed by atoms with Crippen molar-refractivity contribution in [2.45, 2.75) is 35.7 Å². The van der Waals surface area contributed by atoms with Crippen LogP contribution in [0, 0.1) is 5.82 Å². The molecule has 0 aromatic carbocycles. The Kier molecular flexibility index (Phi) is 4.33. The molecule has 0 amide bonds. The van der Waals surface area contributed by atoms with Crippen LogP contribution in [0.5, 0.6) is 0 Å². The van der Waals surface area contributed by atoms with Crippen molar-refractivity contribution in [1.29, 1.82) is 0 Å². The van der Waals surface area contributed by atoms with Crippen LogP contribution in [0.25, 0.3) is 0 Å². The summed E-state index contributed by atoms with van der Waals surface area (Å²) in [7, 11) is 0. The minimum Gasteiger partial charge on any atom is -0.387 e. The Balaban J connectivity index is 2.10. The zero-order valence-electron chi connectivity index (χ0n) is 9.84. The first-order valence-corrected chi connectivity index (χ1v) is 7.63. The van der Waals surface area contributed by atoms with E-state index in [0.29, 0.717) is 16.1 Å². The Hall–Kier alpha value is -0.260. The summed E-state index contributed by atoms with van der Waals surface area (Å²) in [6.45, 7) is 4.35. The molecule has 1 aromatic heterocycles. The fourth-order valence-electron chi connectivity index (χ4n) is 1.80. The molecule has 1 aromatic rings. The average molecular weight is 273 g/mol. The second-order valence-corrected chi connectivity index (χ2v) is 7.29. The maximum absolute atomic E-state index is 13.5. The van der Waals surface area contributed by atoms with Crippen LogP contribution in [0.2, 0.25) is 0 Å². The zero-order valence-corrected chi connectivity index (χ0v) is 11.5. The summed E-state index contributed by atoms with van der Waals surface area (Å²) in [6.07, 6.45) is 1.94. The van der Waals surface area contributed by atoms with Gasteiger partial charge < -0.3 is 5.11 Å². The molecule has 17 heavy (non-hydrogen) atoms. The molecular weight excluding hydrogens is 257 g/mol. The summed E-state index contributed by atoms with van der Waals surface area (Å²) in [5, 5.41) is 11.4. The van der Waals surface area contributed by atoms with Crippen LogP contribution in [0.3, 0.4) is 0 Å². The predicted molar refractivity (Wildman–Crippen MR) is 71.9 cm³/mol. The van der Waals surface area contributed by atoms with Gasteiger partial charge in [-0.15, -0.1) is 0 Å². The normalized spacial score (nSPS) is 31.2. The minimum absolute atomic E-state index is 0.0584. The van der Waals surface area contributed by atoms with Gasteiger partial charge in [0.05, 0.1) is 12.3 Å². The van der Waals surface area contributed by atoms with Crippen LogP contribution in [-0.2, 0) is 0 Å². The van der Waals surface area contributed by atoms with Gasteiger partial charge in [0.1, 0.15) is 5.82 Å². The van der Waals surface area contributed by atoms with Crippen molar-refractivity contribution in [1.82, 2.24) is 4.98 Å². The Morgan fingerprint density at radius 2 is 2.24 bits per heavy atom. The first kappa shape index (κ1) is 13.2. The van der Waals surface area contributed by atoms with Crippen LogP contribution in [0.15, 0.2) is 18.5 Å². The van der Waals surface area contributed by atoms with E-state index in [1.165, 1.54) is 6.20 Å². The molecule has 1 saturated heterocycles. The second kappa shape index (κ2) is 5.59. The third-order valence-electron chi connectivity index (χ3n) is 3.05. The van der Waals surface area contributed by atoms with Gasteiger partial charge in [-0.05, 0) is 6.07 Å². The Labute approximate surface area is 109 Å². The van der Waals surface area contributed by atoms with E-state index >= 15 is 0 Å². The number of thioether (sulfide) groups is 2. The Morgan fingerprint density at radius 1 is 1.47 bits per heavy atom. The first-order chi connectivity index (χ1) is 8.09. The zero-order chi connectivity index (χ0) is 12.4. The van der Waals surface area contributed by atoms with Crippen LogP contribution >= 0.6 is 23.5 Å². The average Bonchev–Trinajstić information content (AvgIpc) is 2.32. The molecule has 0 saturated carbocycles. The third kappa shape index (κ3) is 2.95. The number of pyridine rings is 1. The highest BCUT2D eigenvalue weighted by atomic mass is 32.2. The maximum Gasteiger partial charge on any atom is 0.147 e. The highest BCUT2D eigenvalue weighted by Gasteiger charge is 2.32. The molecule has 0 bridgehead atoms. The molecule has 1 aliphatic heterocycles. The van der Waals surface area contributed by atoms with E-state index in [0.717, 1.165) is 11.9 Å². The lowest BCUT2D eigenvalue weighted by atomic mass is 10.1. The molecule has 1 aliphatic rings. The Bertz CT molecular complexity index is 391. The number of hydrogen-bond acceptors (Lipinski definition) is 4. The van der Waals surface area contributed by atoms with Crippen molar-refractivity contribution in [3.05, 3.63) is 29.8 Å². The van der Waals surface area contributed by atoms with Gasteiger partial charge in [0.15, 0.2) is 0 Å². The summed E-state index contributed by atoms with van der Waals surface area (Å²) in [5.74, 6) is 0.441. The summed E-state index contributed by atoms with van der Waals surface area (Å²) >= 11 is 3.59. The molecule has 2 heterocycles. The molecule has 0 spiro atoms. The molecule has 1 fully saturated rings. The molecule has 4 unspecified atom stereocenters. The molecule has 2 rings (SSSR count). The monoisotopic (exact) mass is 273 g/mol. The van der Waals surface area contributed by atoms with Crippen molar-refractivity contribution in [3.8, 4) is 0 Å². The highest BCUT2D eigenvalue weighted by Crippen LogP contribution is 2.41. The molecule has 0 radical (unpaired) electrons. The van der Waals surface area contributed by atoms with Gasteiger partial charge in [-0.3, -0.25) is 4.98 Å². The molecular formula is C12H16FNOS2. The summed E-state index contributed by atoms with van der Waals surface area (Å²) in [4.78, 5) is 3.70. The lowest BCUT2D eigenvalue weighted by Gasteiger charge is -2.33. The van der Waals surface area contributed by atoms with Crippen molar-refractivity contribution in [3.63, 3.8) is 0 Å². The number of halogens is 1. The van der Waals surface area contributed by atoms with Crippen LogP contribution in [0.1, 0.15) is 25.5 Å². The van der Waals surface area contributed by atoms with Crippen molar-refractivity contribution < 1.29 is 9.50 Å². The van der Waals surface area contributed by atoms with Gasteiger partial charge in [0.25, 0.3) is 0 Å². The summed E-state index contributed by atoms with van der Waals surface area (Å²) < 4.78 is 13.5. The van der Waals surface area contributed by atoms with Crippen molar-refractivity contribution in [2.24, 2.45) is 0 Å². The standard InChI is InChI=1S/C12H16FNOS2/c1-7-8(2)17-11(6-16-7)12(15)9-3-4-14-5-10(9)13/h3-5,7-8,11-12,15H,6H2,1-2H3. The van der Waals surface area contributed by atoms with Gasteiger partial charge in [0, 0.05) is 33.3 Å². The lowest BCUT2D eigenvalue weighted by Crippen LogP contribution is -2.30. The number of aromatic nitrogens is 1. The van der Waals surface area contributed by atoms with Gasteiger partial charge in [-0.25, -0.2) is 4.39 Å². The van der Waals surface area contributed by atoms with Gasteiger partial charge in [-0.2, -0.15) is 23.5 Å². The van der Waals surface area contributed by atoms with Crippen molar-refractivity contribution in [2.75, 3.05) is 5.75 Å². The smallest absolute Gasteiger partial charge is 0.147 e. The largest absolute Gasteiger partial charge is 0.387 e. The summed E-state index contributed by atoms with van der Waals surface area (Å²) in [5.41, 5.74) is 0.361. The van der Waals surface area contributed by atoms with Gasteiger partial charge in [-0.1, -0.05) is 13.8 Å². The minimum atomic E-state index is -0.745. The fourth-order valence-corrected chi connectivity index (χ4v) is 4.79. The quantitative estimate of drug-likeness (QED) is 0.898. The fraction of sp³-hybridized carbons (Fsp3) is 0.583. The highest BCUT2D eigenvalue weighted by molar-refractivity contribution is 8.07. The topological polar surface area (TPSA) is 33.1 Å². The third-order valence-corrected chi connectivity index (χ3v) is 6.53. The second-order valence-electron chi connectivity index (χ2n) is 4.26. The molecule has 5 heteroatoms. The van der Waals surface area contributed by atoms with E-state index in [1.54, 1.807) is 17.8 Å². The predicted octanol–water partition coefficient (Wildman–Crippen LogP) is 2.88. The van der Waals surface area contributed by atoms with E-state index in [1.807, 2.05) is 11.8 Å². The lowest BCUT2D eigenvalue weighted by molar-refractivity contribution is 0.175. The van der Waals surface area contributed by atoms with E-state index in [9.17, 15) is 9.50 Å². The molecule has 4 atom stereocenters. The number of hydrogen-bond donors (Lipinski definition) is 1. The number of rotatable bonds is 2. The number of nitrogens with zero attached hydrogens (tertiary/aromatic N) is 1. The van der Waals surface area contributed by atoms with E-state index in [4.69, 9.17) is 0 Å². The van der Waals surface area contributed by atoms with Crippen LogP contribution < -0.4 is 0 Å². The number of aliphatic hydroxyl groups is 1. The van der Waals surface area contributed by atoms with E-state index in [2.05, 4.69) is 18.8 Å². The first-order valence-electron chi connectivity index (χ1n) is 5.64. The van der Waals surface area contributed by atoms with E-state index < -0.39 is 11.9 Å². The maximum atomic E-state index is 13.5. The Morgan fingerprint density at radius 3 is 2.88 bits per heavy atom. The SMILES string of the molecule is CC1SCC(C(O)c2ccncc2F)SC1C. The molecule has 94 valence electrons. The van der Waals surface area contributed by atoms with Crippen LogP contribution in [0.4, 0.5) is 4.39 Å². The van der Waals surface area contributed by atoms with Gasteiger partial charge >= 0.3 is 0 Å². The van der Waals surface area contributed by atoms with Gasteiger partial charge in [0.2, 0.25) is 0 Å². The number of aliphatic hydroxyl groups excluding tert-OH is 1. The molecule has 1 N–H and O–H groups in total. The van der Waals surface area contributed by atoms with Crippen molar-refractivity contribution >= 4 is 23.5 Å².